The van der Waals surface area contributed by atoms with Crippen molar-refractivity contribution >= 4 is 27.4 Å². The van der Waals surface area contributed by atoms with Gasteiger partial charge in [0.15, 0.2) is 0 Å². The van der Waals surface area contributed by atoms with Crippen molar-refractivity contribution < 1.29 is 0 Å². The third-order valence-electron chi connectivity index (χ3n) is 2.86. The predicted octanol–water partition coefficient (Wildman–Crippen LogP) is 2.59. The number of nitrogen functional groups attached to an aromatic ring is 1. The lowest BCUT2D eigenvalue weighted by atomic mass is 10.1. The highest BCUT2D eigenvalue weighted by Crippen LogP contribution is 2.28. The van der Waals surface area contributed by atoms with E-state index in [-0.39, 0.29) is 0 Å². The van der Waals surface area contributed by atoms with Gasteiger partial charge in [0.25, 0.3) is 0 Å². The van der Waals surface area contributed by atoms with Crippen LogP contribution in [-0.2, 0) is 7.05 Å². The van der Waals surface area contributed by atoms with E-state index in [2.05, 4.69) is 27.7 Å². The Morgan fingerprint density at radius 3 is 2.82 bits per heavy atom. The molecule has 0 saturated heterocycles. The van der Waals surface area contributed by atoms with Gasteiger partial charge in [0.2, 0.25) is 0 Å². The quantitative estimate of drug-likeness (QED) is 0.715. The van der Waals surface area contributed by atoms with Crippen LogP contribution < -0.4 is 5.73 Å². The fraction of sp³-hybridized carbons (Fsp3) is 0.167. The fourth-order valence-electron chi connectivity index (χ4n) is 1.85. The molecule has 4 nitrogen and oxygen atoms in total. The number of benzene rings is 1. The Morgan fingerprint density at radius 2 is 2.12 bits per heavy atom. The summed E-state index contributed by atoms with van der Waals surface area (Å²) < 4.78 is 7.21. The van der Waals surface area contributed by atoms with Crippen LogP contribution in [0.1, 0.15) is 5.69 Å². The summed E-state index contributed by atoms with van der Waals surface area (Å²) in [7, 11) is 1.84. The zero-order valence-corrected chi connectivity index (χ0v) is 10.5. The molecule has 0 fully saturated rings. The molecule has 0 radical (unpaired) electrons. The zero-order chi connectivity index (χ0) is 12.0. The minimum Gasteiger partial charge on any atom is -0.384 e. The van der Waals surface area contributed by atoms with Crippen molar-refractivity contribution in [1.82, 2.24) is 14.2 Å². The Labute approximate surface area is 103 Å². The molecule has 3 rings (SSSR count). The topological polar surface area (TPSA) is 56.7 Å². The number of anilines is 1. The van der Waals surface area contributed by atoms with Gasteiger partial charge in [0.1, 0.15) is 5.82 Å². The monoisotopic (exact) mass is 244 g/mol. The van der Waals surface area contributed by atoms with E-state index >= 15 is 0 Å². The molecule has 2 aromatic heterocycles. The Balaban J connectivity index is 2.17. The minimum absolute atomic E-state index is 0.667. The first-order valence-electron chi connectivity index (χ1n) is 5.31. The van der Waals surface area contributed by atoms with Crippen molar-refractivity contribution in [3.63, 3.8) is 0 Å². The first kappa shape index (κ1) is 10.3. The Hall–Kier alpha value is -1.88. The molecule has 0 spiro atoms. The van der Waals surface area contributed by atoms with Gasteiger partial charge >= 0.3 is 0 Å². The maximum atomic E-state index is 5.79. The van der Waals surface area contributed by atoms with E-state index < -0.39 is 0 Å². The molecule has 1 aromatic carbocycles. The number of nitrogens with zero attached hydrogens (tertiary/aromatic N) is 3. The second-order valence-electron chi connectivity index (χ2n) is 4.06. The van der Waals surface area contributed by atoms with E-state index in [1.807, 2.05) is 20.0 Å². The molecule has 3 aromatic rings. The Morgan fingerprint density at radius 1 is 1.29 bits per heavy atom. The van der Waals surface area contributed by atoms with Crippen molar-refractivity contribution in [1.29, 1.82) is 0 Å². The van der Waals surface area contributed by atoms with Crippen molar-refractivity contribution in [2.24, 2.45) is 7.05 Å². The lowest BCUT2D eigenvalue weighted by Gasteiger charge is -1.96. The molecule has 86 valence electrons. The average Bonchev–Trinajstić information content (AvgIpc) is 2.84. The van der Waals surface area contributed by atoms with Crippen LogP contribution in [0, 0.1) is 6.92 Å². The maximum Gasteiger partial charge on any atom is 0.121 e. The smallest absolute Gasteiger partial charge is 0.121 e. The van der Waals surface area contributed by atoms with Crippen molar-refractivity contribution in [3.05, 3.63) is 30.0 Å². The van der Waals surface area contributed by atoms with Gasteiger partial charge < -0.3 is 5.73 Å². The predicted molar refractivity (Wildman–Crippen MR) is 71.0 cm³/mol. The summed E-state index contributed by atoms with van der Waals surface area (Å²) in [6, 6.07) is 8.15. The normalized spacial score (nSPS) is 11.2. The van der Waals surface area contributed by atoms with Gasteiger partial charge in [0.05, 0.1) is 16.1 Å². The van der Waals surface area contributed by atoms with E-state index in [0.29, 0.717) is 5.82 Å². The molecule has 0 bridgehead atoms. The molecular weight excluding hydrogens is 232 g/mol. The number of hydrogen-bond donors (Lipinski definition) is 1. The van der Waals surface area contributed by atoms with E-state index in [0.717, 1.165) is 17.0 Å². The molecule has 5 heteroatoms. The van der Waals surface area contributed by atoms with Crippen LogP contribution in [0.5, 0.6) is 0 Å². The maximum absolute atomic E-state index is 5.79. The highest BCUT2D eigenvalue weighted by atomic mass is 32.1. The molecular formula is C12H12N4S. The largest absolute Gasteiger partial charge is 0.384 e. The lowest BCUT2D eigenvalue weighted by molar-refractivity contribution is 0.782. The average molecular weight is 244 g/mol. The van der Waals surface area contributed by atoms with E-state index in [1.165, 1.54) is 21.6 Å². The molecule has 2 heterocycles. The molecule has 17 heavy (non-hydrogen) atoms. The standard InChI is InChI=1S/C12H12N4S/c1-7-9-4-3-8(5-11(9)17-15-7)10-6-12(13)16(2)14-10/h3-6H,13H2,1-2H3. The Kier molecular flexibility index (Phi) is 2.16. The first-order valence-corrected chi connectivity index (χ1v) is 6.08. The number of aromatic nitrogens is 3. The zero-order valence-electron chi connectivity index (χ0n) is 9.64. The summed E-state index contributed by atoms with van der Waals surface area (Å²) in [5, 5.41) is 5.58. The second-order valence-corrected chi connectivity index (χ2v) is 4.86. The summed E-state index contributed by atoms with van der Waals surface area (Å²) in [6.07, 6.45) is 0. The van der Waals surface area contributed by atoms with Crippen LogP contribution in [0.4, 0.5) is 5.82 Å². The fourth-order valence-corrected chi connectivity index (χ4v) is 2.67. The molecule has 0 unspecified atom stereocenters. The van der Waals surface area contributed by atoms with Crippen LogP contribution in [0.2, 0.25) is 0 Å². The van der Waals surface area contributed by atoms with Gasteiger partial charge in [-0.25, -0.2) is 0 Å². The summed E-state index contributed by atoms with van der Waals surface area (Å²) in [6.45, 7) is 2.03. The number of rotatable bonds is 1. The minimum atomic E-state index is 0.667. The molecule has 0 aliphatic rings. The van der Waals surface area contributed by atoms with E-state index in [1.54, 1.807) is 4.68 Å². The number of aryl methyl sites for hydroxylation is 2. The van der Waals surface area contributed by atoms with Crippen LogP contribution in [0.15, 0.2) is 24.3 Å². The van der Waals surface area contributed by atoms with Crippen molar-refractivity contribution in [2.75, 3.05) is 5.73 Å². The van der Waals surface area contributed by atoms with Gasteiger partial charge in [0, 0.05) is 24.1 Å². The van der Waals surface area contributed by atoms with Crippen LogP contribution >= 0.6 is 11.5 Å². The molecule has 0 amide bonds. The molecule has 0 atom stereocenters. The molecule has 0 aliphatic carbocycles. The van der Waals surface area contributed by atoms with E-state index in [4.69, 9.17) is 5.73 Å². The second kappa shape index (κ2) is 3.56. The number of nitrogens with two attached hydrogens (primary N) is 1. The van der Waals surface area contributed by atoms with Gasteiger partial charge in [-0.2, -0.15) is 9.47 Å². The van der Waals surface area contributed by atoms with Crippen molar-refractivity contribution in [2.45, 2.75) is 6.92 Å². The van der Waals surface area contributed by atoms with E-state index in [9.17, 15) is 0 Å². The van der Waals surface area contributed by atoms with Gasteiger partial charge in [-0.15, -0.1) is 0 Å². The Bertz CT molecular complexity index is 676. The van der Waals surface area contributed by atoms with Crippen LogP contribution in [0.25, 0.3) is 21.3 Å². The van der Waals surface area contributed by atoms with Gasteiger partial charge in [-0.05, 0) is 24.5 Å². The number of fused-ring (bicyclic) bond motifs is 1. The third-order valence-corrected chi connectivity index (χ3v) is 3.76. The van der Waals surface area contributed by atoms with Gasteiger partial charge in [-0.1, -0.05) is 12.1 Å². The van der Waals surface area contributed by atoms with Crippen LogP contribution in [-0.4, -0.2) is 14.2 Å². The SMILES string of the molecule is Cc1nsc2cc(-c3cc(N)n(C)n3)ccc12. The molecule has 0 aliphatic heterocycles. The lowest BCUT2D eigenvalue weighted by Crippen LogP contribution is -1.96. The summed E-state index contributed by atoms with van der Waals surface area (Å²) in [4.78, 5) is 0. The summed E-state index contributed by atoms with van der Waals surface area (Å²) in [5.41, 5.74) is 8.84. The van der Waals surface area contributed by atoms with Crippen molar-refractivity contribution in [3.8, 4) is 11.3 Å². The van der Waals surface area contributed by atoms with Crippen LogP contribution in [0.3, 0.4) is 0 Å². The third kappa shape index (κ3) is 1.59. The highest BCUT2D eigenvalue weighted by molar-refractivity contribution is 7.13. The van der Waals surface area contributed by atoms with Gasteiger partial charge in [-0.3, -0.25) is 4.68 Å². The molecule has 2 N–H and O–H groups in total. The highest BCUT2D eigenvalue weighted by Gasteiger charge is 2.07. The first-order chi connectivity index (χ1) is 8.15. The summed E-state index contributed by atoms with van der Waals surface area (Å²) in [5.74, 6) is 0.667. The summed E-state index contributed by atoms with van der Waals surface area (Å²) >= 11 is 1.52. The number of hydrogen-bond acceptors (Lipinski definition) is 4. The molecule has 0 saturated carbocycles.